The largest absolute Gasteiger partial charge is 0.444 e. The predicted molar refractivity (Wildman–Crippen MR) is 73.4 cm³/mol. The molecule has 0 aliphatic rings. The van der Waals surface area contributed by atoms with Crippen LogP contribution in [-0.2, 0) is 4.74 Å². The van der Waals surface area contributed by atoms with Gasteiger partial charge in [-0.25, -0.2) is 4.79 Å². The number of hydrogen-bond acceptors (Lipinski definition) is 3. The molecule has 0 aromatic heterocycles. The van der Waals surface area contributed by atoms with E-state index in [9.17, 15) is 9.90 Å². The zero-order chi connectivity index (χ0) is 14.3. The molecule has 18 heavy (non-hydrogen) atoms. The number of alkyl carbamates (subject to hydrolysis) is 1. The third-order valence-electron chi connectivity index (χ3n) is 2.30. The van der Waals surface area contributed by atoms with E-state index in [0.29, 0.717) is 18.8 Å². The molecular weight excluding hydrogens is 230 g/mol. The van der Waals surface area contributed by atoms with Crippen molar-refractivity contribution in [3.63, 3.8) is 0 Å². The topological polar surface area (TPSA) is 58.6 Å². The second-order valence-corrected chi connectivity index (χ2v) is 5.97. The van der Waals surface area contributed by atoms with Crippen molar-refractivity contribution in [3.05, 3.63) is 12.7 Å². The van der Waals surface area contributed by atoms with Crippen LogP contribution in [-0.4, -0.2) is 28.9 Å². The summed E-state index contributed by atoms with van der Waals surface area (Å²) in [7, 11) is 0. The van der Waals surface area contributed by atoms with Crippen LogP contribution in [0.15, 0.2) is 12.7 Å². The number of hydrogen-bond donors (Lipinski definition) is 2. The quantitative estimate of drug-likeness (QED) is 0.719. The molecule has 0 spiro atoms. The molecule has 0 aliphatic heterocycles. The van der Waals surface area contributed by atoms with Gasteiger partial charge in [0.15, 0.2) is 0 Å². The number of aliphatic hydroxyl groups is 1. The monoisotopic (exact) mass is 257 g/mol. The van der Waals surface area contributed by atoms with E-state index in [1.165, 1.54) is 0 Å². The summed E-state index contributed by atoms with van der Waals surface area (Å²) in [6.45, 7) is 13.1. The first-order valence-corrected chi connectivity index (χ1v) is 6.44. The molecule has 1 amide bonds. The first-order chi connectivity index (χ1) is 8.15. The molecule has 0 saturated heterocycles. The molecule has 4 heteroatoms. The highest BCUT2D eigenvalue weighted by Crippen LogP contribution is 2.13. The van der Waals surface area contributed by atoms with Gasteiger partial charge in [-0.05, 0) is 39.5 Å². The Hall–Kier alpha value is -1.03. The van der Waals surface area contributed by atoms with Crippen LogP contribution in [0.25, 0.3) is 0 Å². The maximum Gasteiger partial charge on any atom is 0.407 e. The molecule has 0 rings (SSSR count). The molecule has 0 radical (unpaired) electrons. The molecule has 4 nitrogen and oxygen atoms in total. The van der Waals surface area contributed by atoms with Gasteiger partial charge in [-0.1, -0.05) is 19.9 Å². The molecule has 0 aliphatic carbocycles. The Balaban J connectivity index is 4.48. The van der Waals surface area contributed by atoms with Crippen LogP contribution >= 0.6 is 0 Å². The van der Waals surface area contributed by atoms with Crippen LogP contribution in [0.4, 0.5) is 4.79 Å². The average Bonchev–Trinajstić information content (AvgIpc) is 2.13. The van der Waals surface area contributed by atoms with E-state index in [-0.39, 0.29) is 6.04 Å². The van der Waals surface area contributed by atoms with E-state index >= 15 is 0 Å². The zero-order valence-corrected chi connectivity index (χ0v) is 12.2. The first kappa shape index (κ1) is 17.0. The van der Waals surface area contributed by atoms with Gasteiger partial charge in [0.2, 0.25) is 0 Å². The summed E-state index contributed by atoms with van der Waals surface area (Å²) in [5, 5.41) is 12.7. The summed E-state index contributed by atoms with van der Waals surface area (Å²) >= 11 is 0. The number of carbonyl (C=O) groups excluding carboxylic acids is 1. The standard InChI is InChI=1S/C14H27NO3/c1-7-8-12(16)11(9-10(2)3)15-13(17)18-14(4,5)6/h7,10-12,16H,1,8-9H2,2-6H3,(H,15,17)/t11-,12?/m0/s1. The molecule has 0 aromatic rings. The maximum atomic E-state index is 11.7. The van der Waals surface area contributed by atoms with Gasteiger partial charge in [0.25, 0.3) is 0 Å². The highest BCUT2D eigenvalue weighted by atomic mass is 16.6. The fraction of sp³-hybridized carbons (Fsp3) is 0.786. The van der Waals surface area contributed by atoms with Crippen molar-refractivity contribution in [1.82, 2.24) is 5.32 Å². The summed E-state index contributed by atoms with van der Waals surface area (Å²) in [5.74, 6) is 0.379. The van der Waals surface area contributed by atoms with Crippen LogP contribution in [0.2, 0.25) is 0 Å². The van der Waals surface area contributed by atoms with Crippen molar-refractivity contribution in [2.75, 3.05) is 0 Å². The fourth-order valence-electron chi connectivity index (χ4n) is 1.61. The van der Waals surface area contributed by atoms with E-state index in [4.69, 9.17) is 4.74 Å². The Morgan fingerprint density at radius 1 is 1.44 bits per heavy atom. The molecule has 1 unspecified atom stereocenters. The van der Waals surface area contributed by atoms with E-state index in [1.807, 2.05) is 34.6 Å². The lowest BCUT2D eigenvalue weighted by Crippen LogP contribution is -2.46. The Morgan fingerprint density at radius 2 is 2.00 bits per heavy atom. The van der Waals surface area contributed by atoms with Crippen molar-refractivity contribution in [2.24, 2.45) is 5.92 Å². The number of amides is 1. The number of carbonyl (C=O) groups is 1. The van der Waals surface area contributed by atoms with Crippen molar-refractivity contribution in [2.45, 2.75) is 65.2 Å². The average molecular weight is 257 g/mol. The molecule has 0 aromatic carbocycles. The second-order valence-electron chi connectivity index (χ2n) is 5.97. The Kier molecular flexibility index (Phi) is 6.99. The van der Waals surface area contributed by atoms with Gasteiger partial charge in [-0.15, -0.1) is 6.58 Å². The molecule has 0 fully saturated rings. The van der Waals surface area contributed by atoms with Gasteiger partial charge >= 0.3 is 6.09 Å². The van der Waals surface area contributed by atoms with Crippen molar-refractivity contribution >= 4 is 6.09 Å². The van der Waals surface area contributed by atoms with Crippen LogP contribution in [0.3, 0.4) is 0 Å². The van der Waals surface area contributed by atoms with Gasteiger partial charge in [0.1, 0.15) is 5.60 Å². The number of rotatable bonds is 6. The summed E-state index contributed by atoms with van der Waals surface area (Å²) in [5.41, 5.74) is -0.532. The molecule has 0 heterocycles. The summed E-state index contributed by atoms with van der Waals surface area (Å²) in [6, 6.07) is -0.308. The highest BCUT2D eigenvalue weighted by Gasteiger charge is 2.24. The minimum atomic E-state index is -0.627. The van der Waals surface area contributed by atoms with E-state index < -0.39 is 17.8 Å². The molecule has 2 N–H and O–H groups in total. The highest BCUT2D eigenvalue weighted by molar-refractivity contribution is 5.68. The maximum absolute atomic E-state index is 11.7. The SMILES string of the molecule is C=CCC(O)[C@H](CC(C)C)NC(=O)OC(C)(C)C. The van der Waals surface area contributed by atoms with Crippen LogP contribution in [0, 0.1) is 5.92 Å². The lowest BCUT2D eigenvalue weighted by molar-refractivity contribution is 0.0407. The minimum Gasteiger partial charge on any atom is -0.444 e. The summed E-state index contributed by atoms with van der Waals surface area (Å²) < 4.78 is 5.19. The number of nitrogens with one attached hydrogen (secondary N) is 1. The Bertz CT molecular complexity index is 269. The Morgan fingerprint density at radius 3 is 2.39 bits per heavy atom. The van der Waals surface area contributed by atoms with E-state index in [1.54, 1.807) is 6.08 Å². The molecule has 0 bridgehead atoms. The summed E-state index contributed by atoms with van der Waals surface area (Å²) in [6.07, 6.45) is 1.68. The molecular formula is C14H27NO3. The van der Waals surface area contributed by atoms with Crippen LogP contribution in [0.5, 0.6) is 0 Å². The Labute approximate surface area is 110 Å². The number of aliphatic hydroxyl groups excluding tert-OH is 1. The zero-order valence-electron chi connectivity index (χ0n) is 12.2. The van der Waals surface area contributed by atoms with Crippen LogP contribution in [0.1, 0.15) is 47.5 Å². The normalized spacial score (nSPS) is 15.1. The van der Waals surface area contributed by atoms with Crippen molar-refractivity contribution in [3.8, 4) is 0 Å². The second kappa shape index (κ2) is 7.41. The van der Waals surface area contributed by atoms with Crippen molar-refractivity contribution < 1.29 is 14.6 Å². The fourth-order valence-corrected chi connectivity index (χ4v) is 1.61. The molecule has 2 atom stereocenters. The van der Waals surface area contributed by atoms with Gasteiger partial charge in [-0.3, -0.25) is 0 Å². The van der Waals surface area contributed by atoms with Gasteiger partial charge in [-0.2, -0.15) is 0 Å². The number of ether oxygens (including phenoxy) is 1. The van der Waals surface area contributed by atoms with Crippen molar-refractivity contribution in [1.29, 1.82) is 0 Å². The third kappa shape index (κ3) is 8.12. The lowest BCUT2D eigenvalue weighted by atomic mass is 9.97. The van der Waals surface area contributed by atoms with E-state index in [0.717, 1.165) is 0 Å². The van der Waals surface area contributed by atoms with E-state index in [2.05, 4.69) is 11.9 Å². The van der Waals surface area contributed by atoms with Gasteiger partial charge in [0.05, 0.1) is 12.1 Å². The van der Waals surface area contributed by atoms with Gasteiger partial charge in [0, 0.05) is 0 Å². The lowest BCUT2D eigenvalue weighted by Gasteiger charge is -2.27. The molecule has 106 valence electrons. The van der Waals surface area contributed by atoms with Gasteiger partial charge < -0.3 is 15.2 Å². The predicted octanol–water partition coefficient (Wildman–Crippen LogP) is 2.86. The minimum absolute atomic E-state index is 0.308. The first-order valence-electron chi connectivity index (χ1n) is 6.44. The third-order valence-corrected chi connectivity index (χ3v) is 2.30. The molecule has 0 saturated carbocycles. The smallest absolute Gasteiger partial charge is 0.407 e. The summed E-state index contributed by atoms with van der Waals surface area (Å²) in [4.78, 5) is 11.7. The van der Waals surface area contributed by atoms with Crippen LogP contribution < -0.4 is 5.32 Å².